The number of hydrogen-bond acceptors (Lipinski definition) is 5. The van der Waals surface area contributed by atoms with Crippen LogP contribution < -0.4 is 4.90 Å². The Morgan fingerprint density at radius 1 is 1.20 bits per heavy atom. The smallest absolute Gasteiger partial charge is 0.259 e. The van der Waals surface area contributed by atoms with Crippen molar-refractivity contribution in [3.8, 4) is 0 Å². The first-order valence-corrected chi connectivity index (χ1v) is 16.6. The van der Waals surface area contributed by atoms with Gasteiger partial charge in [-0.05, 0) is 43.7 Å². The summed E-state index contributed by atoms with van der Waals surface area (Å²) in [6.07, 6.45) is 8.26. The van der Waals surface area contributed by atoms with E-state index in [4.69, 9.17) is 9.72 Å². The average molecular weight is 500 g/mol. The highest BCUT2D eigenvalue weighted by Gasteiger charge is 2.37. The molecule has 2 amide bonds. The van der Waals surface area contributed by atoms with Crippen molar-refractivity contribution in [2.75, 3.05) is 38.8 Å². The summed E-state index contributed by atoms with van der Waals surface area (Å²) in [6, 6.07) is 3.53. The predicted octanol–water partition coefficient (Wildman–Crippen LogP) is 4.24. The zero-order chi connectivity index (χ0) is 25.3. The van der Waals surface area contributed by atoms with Gasteiger partial charge in [0.15, 0.2) is 0 Å². The van der Waals surface area contributed by atoms with Crippen molar-refractivity contribution in [1.29, 1.82) is 0 Å². The Labute approximate surface area is 210 Å². The maximum atomic E-state index is 13.5. The number of amides is 2. The van der Waals surface area contributed by atoms with E-state index in [1.54, 1.807) is 30.1 Å². The van der Waals surface area contributed by atoms with Crippen LogP contribution in [0.2, 0.25) is 25.7 Å². The number of anilines is 1. The van der Waals surface area contributed by atoms with Crippen molar-refractivity contribution < 1.29 is 14.3 Å². The Hall–Kier alpha value is -2.39. The molecule has 0 atom stereocenters. The van der Waals surface area contributed by atoms with E-state index in [1.807, 2.05) is 10.8 Å². The van der Waals surface area contributed by atoms with E-state index in [0.29, 0.717) is 25.0 Å². The second-order valence-corrected chi connectivity index (χ2v) is 17.3. The van der Waals surface area contributed by atoms with E-state index in [2.05, 4.69) is 37.5 Å². The zero-order valence-electron chi connectivity index (χ0n) is 22.2. The first-order valence-electron chi connectivity index (χ1n) is 12.9. The van der Waals surface area contributed by atoms with E-state index < -0.39 is 8.07 Å². The standard InChI is InChI=1S/C26H41N5O3Si/c1-19-7-9-20(10-8-19)31-17-30(16-23(32)28(2)3)26(33)22-15-27-25-21(24(22)31)11-12-29(25)18-34-13-14-35(4,5)6/h11-12,15,19-20H,7-10,13-14,16-18H2,1-6H3. The quantitative estimate of drug-likeness (QED) is 0.401. The highest BCUT2D eigenvalue weighted by Crippen LogP contribution is 2.39. The van der Waals surface area contributed by atoms with Crippen LogP contribution in [0.1, 0.15) is 43.0 Å². The van der Waals surface area contributed by atoms with Crippen molar-refractivity contribution in [2.24, 2.45) is 5.92 Å². The van der Waals surface area contributed by atoms with Crippen LogP contribution in [0.15, 0.2) is 18.5 Å². The number of ether oxygens (including phenoxy) is 1. The number of likely N-dealkylation sites (N-methyl/N-ethyl adjacent to an activating group) is 1. The molecule has 0 bridgehead atoms. The van der Waals surface area contributed by atoms with Gasteiger partial charge in [0.05, 0.1) is 17.9 Å². The van der Waals surface area contributed by atoms with Gasteiger partial charge in [0.2, 0.25) is 5.91 Å². The van der Waals surface area contributed by atoms with Gasteiger partial charge in [-0.1, -0.05) is 26.6 Å². The lowest BCUT2D eigenvalue weighted by Gasteiger charge is -2.44. The van der Waals surface area contributed by atoms with Crippen LogP contribution in [0.4, 0.5) is 5.69 Å². The molecule has 0 unspecified atom stereocenters. The maximum Gasteiger partial charge on any atom is 0.259 e. The molecule has 3 heterocycles. The minimum atomic E-state index is -1.14. The molecule has 2 aromatic rings. The molecule has 1 aliphatic carbocycles. The molecule has 4 rings (SSSR count). The van der Waals surface area contributed by atoms with Gasteiger partial charge in [0, 0.05) is 52.6 Å². The average Bonchev–Trinajstić information content (AvgIpc) is 3.21. The Morgan fingerprint density at radius 3 is 2.57 bits per heavy atom. The number of carbonyl (C=O) groups excluding carboxylic acids is 2. The highest BCUT2D eigenvalue weighted by molar-refractivity contribution is 6.76. The zero-order valence-corrected chi connectivity index (χ0v) is 23.2. The van der Waals surface area contributed by atoms with E-state index in [9.17, 15) is 9.59 Å². The predicted molar refractivity (Wildman–Crippen MR) is 142 cm³/mol. The van der Waals surface area contributed by atoms with E-state index in [0.717, 1.165) is 48.1 Å². The number of hydrogen-bond donors (Lipinski definition) is 0. The number of pyridine rings is 1. The van der Waals surface area contributed by atoms with Crippen LogP contribution in [0.3, 0.4) is 0 Å². The van der Waals surface area contributed by atoms with Crippen LogP contribution in [0, 0.1) is 5.92 Å². The fraction of sp³-hybridized carbons (Fsp3) is 0.654. The summed E-state index contributed by atoms with van der Waals surface area (Å²) in [5.41, 5.74) is 2.40. The second kappa shape index (κ2) is 10.3. The summed E-state index contributed by atoms with van der Waals surface area (Å²) in [5, 5.41) is 0.988. The topological polar surface area (TPSA) is 70.9 Å². The molecule has 0 aromatic carbocycles. The molecule has 35 heavy (non-hydrogen) atoms. The molecule has 2 aromatic heterocycles. The minimum Gasteiger partial charge on any atom is -0.361 e. The fourth-order valence-electron chi connectivity index (χ4n) is 5.00. The molecule has 192 valence electrons. The van der Waals surface area contributed by atoms with Gasteiger partial charge in [-0.25, -0.2) is 4.98 Å². The maximum absolute atomic E-state index is 13.5. The molecule has 1 fully saturated rings. The summed E-state index contributed by atoms with van der Waals surface area (Å²) < 4.78 is 8.03. The third kappa shape index (κ3) is 5.72. The first-order chi connectivity index (χ1) is 16.5. The monoisotopic (exact) mass is 499 g/mol. The van der Waals surface area contributed by atoms with Crippen LogP contribution in [-0.4, -0.2) is 79.2 Å². The minimum absolute atomic E-state index is 0.0744. The first kappa shape index (κ1) is 25.7. The summed E-state index contributed by atoms with van der Waals surface area (Å²) in [6.45, 7) is 11.1. The molecule has 1 aliphatic heterocycles. The number of nitrogens with zero attached hydrogens (tertiary/aromatic N) is 5. The lowest BCUT2D eigenvalue weighted by molar-refractivity contribution is -0.129. The van der Waals surface area contributed by atoms with Crippen molar-refractivity contribution in [1.82, 2.24) is 19.4 Å². The fourth-order valence-corrected chi connectivity index (χ4v) is 5.76. The Balaban J connectivity index is 1.65. The molecule has 8 nitrogen and oxygen atoms in total. The molecule has 0 spiro atoms. The van der Waals surface area contributed by atoms with Gasteiger partial charge in [-0.2, -0.15) is 0 Å². The summed E-state index contributed by atoms with van der Waals surface area (Å²) in [4.78, 5) is 36.2. The molecule has 0 radical (unpaired) electrons. The molecular weight excluding hydrogens is 458 g/mol. The number of aromatic nitrogens is 2. The molecule has 2 aliphatic rings. The third-order valence-corrected chi connectivity index (χ3v) is 9.07. The number of carbonyl (C=O) groups is 2. The molecule has 1 saturated carbocycles. The molecule has 9 heteroatoms. The summed E-state index contributed by atoms with van der Waals surface area (Å²) in [5.74, 6) is 0.536. The molecular formula is C26H41N5O3Si. The lowest BCUT2D eigenvalue weighted by Crippen LogP contribution is -2.53. The SMILES string of the molecule is CC1CCC(N2CN(CC(=O)N(C)C)C(=O)c3cnc4c(ccn4COCC[Si](C)(C)C)c32)CC1. The second-order valence-electron chi connectivity index (χ2n) is 11.7. The van der Waals surface area contributed by atoms with Crippen molar-refractivity contribution in [2.45, 2.75) is 71.1 Å². The van der Waals surface area contributed by atoms with Crippen LogP contribution in [0.5, 0.6) is 0 Å². The highest BCUT2D eigenvalue weighted by atomic mass is 28.3. The number of fused-ring (bicyclic) bond motifs is 3. The van der Waals surface area contributed by atoms with Crippen LogP contribution in [-0.2, 0) is 16.3 Å². The van der Waals surface area contributed by atoms with Crippen LogP contribution >= 0.6 is 0 Å². The van der Waals surface area contributed by atoms with Gasteiger partial charge in [0.25, 0.3) is 5.91 Å². The lowest BCUT2D eigenvalue weighted by atomic mass is 9.86. The van der Waals surface area contributed by atoms with Gasteiger partial charge >= 0.3 is 0 Å². The Bertz CT molecular complexity index is 1070. The largest absolute Gasteiger partial charge is 0.361 e. The van der Waals surface area contributed by atoms with Gasteiger partial charge in [-0.15, -0.1) is 0 Å². The van der Waals surface area contributed by atoms with Gasteiger partial charge in [0.1, 0.15) is 18.9 Å². The summed E-state index contributed by atoms with van der Waals surface area (Å²) in [7, 11) is 2.31. The summed E-state index contributed by atoms with van der Waals surface area (Å²) >= 11 is 0. The Kier molecular flexibility index (Phi) is 7.56. The van der Waals surface area contributed by atoms with E-state index in [-0.39, 0.29) is 18.4 Å². The van der Waals surface area contributed by atoms with Crippen molar-refractivity contribution in [3.63, 3.8) is 0 Å². The van der Waals surface area contributed by atoms with Crippen molar-refractivity contribution >= 4 is 36.6 Å². The van der Waals surface area contributed by atoms with Crippen molar-refractivity contribution in [3.05, 3.63) is 24.0 Å². The Morgan fingerprint density at radius 2 is 1.91 bits per heavy atom. The van der Waals surface area contributed by atoms with E-state index in [1.165, 1.54) is 12.8 Å². The molecule has 0 N–H and O–H groups in total. The normalized spacial score (nSPS) is 20.9. The van der Waals surface area contributed by atoms with Crippen LogP contribution in [0.25, 0.3) is 11.0 Å². The van der Waals surface area contributed by atoms with Gasteiger partial charge < -0.3 is 24.0 Å². The number of rotatable bonds is 8. The van der Waals surface area contributed by atoms with Gasteiger partial charge in [-0.3, -0.25) is 9.59 Å². The van der Waals surface area contributed by atoms with E-state index >= 15 is 0 Å². The molecule has 0 saturated heterocycles. The third-order valence-electron chi connectivity index (χ3n) is 7.37.